The van der Waals surface area contributed by atoms with E-state index >= 15 is 0 Å². The lowest BCUT2D eigenvalue weighted by atomic mass is 10.1. The molecule has 3 aromatic rings. The number of rotatable bonds is 5. The number of hydrogen-bond donors (Lipinski definition) is 0. The summed E-state index contributed by atoms with van der Waals surface area (Å²) in [6, 6.07) is 5.89. The maximum atomic E-state index is 13.6. The van der Waals surface area contributed by atoms with Gasteiger partial charge < -0.3 is 4.74 Å². The van der Waals surface area contributed by atoms with E-state index in [1.54, 1.807) is 19.2 Å². The van der Waals surface area contributed by atoms with Crippen LogP contribution in [0, 0.1) is 13.8 Å². The van der Waals surface area contributed by atoms with Gasteiger partial charge in [0.1, 0.15) is 0 Å². The first-order valence-corrected chi connectivity index (χ1v) is 10.3. The van der Waals surface area contributed by atoms with Crippen molar-refractivity contribution in [3.05, 3.63) is 55.7 Å². The molecule has 9 heteroatoms. The summed E-state index contributed by atoms with van der Waals surface area (Å²) in [4.78, 5) is 31.4. The highest BCUT2D eigenvalue weighted by molar-refractivity contribution is 5.91. The van der Waals surface area contributed by atoms with Crippen LogP contribution in [0.15, 0.2) is 32.9 Å². The van der Waals surface area contributed by atoms with Gasteiger partial charge in [-0.05, 0) is 38.8 Å². The molecule has 164 valence electrons. The van der Waals surface area contributed by atoms with Gasteiger partial charge in [0, 0.05) is 14.2 Å². The Bertz CT molecular complexity index is 1310. The Balaban J connectivity index is 1.96. The van der Waals surface area contributed by atoms with Crippen LogP contribution in [0.5, 0.6) is 0 Å². The van der Waals surface area contributed by atoms with Crippen molar-refractivity contribution in [1.82, 2.24) is 18.7 Å². The summed E-state index contributed by atoms with van der Waals surface area (Å²) in [6.07, 6.45) is 0. The first-order chi connectivity index (χ1) is 14.7. The predicted molar refractivity (Wildman–Crippen MR) is 121 cm³/mol. The van der Waals surface area contributed by atoms with Crippen molar-refractivity contribution in [2.75, 3.05) is 25.3 Å². The van der Waals surface area contributed by atoms with Crippen LogP contribution >= 0.6 is 0 Å². The minimum absolute atomic E-state index is 0.154. The van der Waals surface area contributed by atoms with Gasteiger partial charge in [0.25, 0.3) is 5.56 Å². The number of nitrogens with zero attached hydrogens (tertiary/aromatic N) is 6. The number of aromatic nitrogens is 4. The lowest BCUT2D eigenvalue weighted by molar-refractivity contribution is 0.204. The van der Waals surface area contributed by atoms with E-state index in [9.17, 15) is 9.59 Å². The molecule has 1 atom stereocenters. The Kier molecular flexibility index (Phi) is 5.30. The van der Waals surface area contributed by atoms with Gasteiger partial charge in [0.15, 0.2) is 11.2 Å². The van der Waals surface area contributed by atoms with Crippen molar-refractivity contribution in [2.24, 2.45) is 12.1 Å². The van der Waals surface area contributed by atoms with E-state index in [0.717, 1.165) is 22.4 Å². The molecule has 1 unspecified atom stereocenters. The number of hydrazone groups is 1. The van der Waals surface area contributed by atoms with E-state index < -0.39 is 0 Å². The molecule has 0 fully saturated rings. The van der Waals surface area contributed by atoms with Gasteiger partial charge in [-0.25, -0.2) is 9.80 Å². The van der Waals surface area contributed by atoms with Crippen molar-refractivity contribution in [2.45, 2.75) is 40.3 Å². The SMILES string of the molecule is COCCN1N=C(C)C(C)n2c1nc1c2c(=O)n(Cc2cc(C)ccc2C)c(=O)n1C. The Morgan fingerprint density at radius 2 is 1.90 bits per heavy atom. The maximum absolute atomic E-state index is 13.6. The summed E-state index contributed by atoms with van der Waals surface area (Å²) in [6.45, 7) is 9.06. The first-order valence-electron chi connectivity index (χ1n) is 10.3. The van der Waals surface area contributed by atoms with Crippen LogP contribution in [-0.2, 0) is 18.3 Å². The van der Waals surface area contributed by atoms with Gasteiger partial charge in [0.05, 0.1) is 31.4 Å². The number of methoxy groups -OCH3 is 1. The number of aryl methyl sites for hydroxylation is 3. The van der Waals surface area contributed by atoms with Gasteiger partial charge in [-0.3, -0.25) is 18.5 Å². The molecule has 31 heavy (non-hydrogen) atoms. The van der Waals surface area contributed by atoms with E-state index in [4.69, 9.17) is 4.74 Å². The van der Waals surface area contributed by atoms with Gasteiger partial charge in [-0.2, -0.15) is 10.1 Å². The Morgan fingerprint density at radius 3 is 2.61 bits per heavy atom. The second kappa shape index (κ2) is 7.81. The van der Waals surface area contributed by atoms with E-state index in [0.29, 0.717) is 30.3 Å². The lowest BCUT2D eigenvalue weighted by Gasteiger charge is -2.29. The third-order valence-corrected chi connectivity index (χ3v) is 6.00. The van der Waals surface area contributed by atoms with E-state index in [1.165, 1.54) is 9.13 Å². The fourth-order valence-electron chi connectivity index (χ4n) is 3.99. The molecule has 0 bridgehead atoms. The third-order valence-electron chi connectivity index (χ3n) is 6.00. The minimum Gasteiger partial charge on any atom is -0.383 e. The van der Waals surface area contributed by atoms with E-state index in [2.05, 4.69) is 10.1 Å². The molecule has 1 aromatic carbocycles. The molecule has 0 N–H and O–H groups in total. The second-order valence-corrected chi connectivity index (χ2v) is 8.15. The molecular formula is C22H28N6O3. The highest BCUT2D eigenvalue weighted by Gasteiger charge is 2.30. The lowest BCUT2D eigenvalue weighted by Crippen LogP contribution is -2.40. The highest BCUT2D eigenvalue weighted by atomic mass is 16.5. The zero-order valence-corrected chi connectivity index (χ0v) is 18.8. The molecule has 1 aliphatic heterocycles. The predicted octanol–water partition coefficient (Wildman–Crippen LogP) is 1.97. The fourth-order valence-corrected chi connectivity index (χ4v) is 3.99. The van der Waals surface area contributed by atoms with Gasteiger partial charge >= 0.3 is 5.69 Å². The average molecular weight is 425 g/mol. The summed E-state index contributed by atoms with van der Waals surface area (Å²) in [5.41, 5.74) is 3.97. The van der Waals surface area contributed by atoms with Gasteiger partial charge in [-0.1, -0.05) is 23.8 Å². The largest absolute Gasteiger partial charge is 0.383 e. The van der Waals surface area contributed by atoms with Crippen LogP contribution in [0.2, 0.25) is 0 Å². The fraction of sp³-hybridized carbons (Fsp3) is 0.455. The van der Waals surface area contributed by atoms with Gasteiger partial charge in [0.2, 0.25) is 5.95 Å². The quantitative estimate of drug-likeness (QED) is 0.625. The number of anilines is 1. The molecule has 0 aliphatic carbocycles. The number of imidazole rings is 1. The van der Waals surface area contributed by atoms with Crippen molar-refractivity contribution in [1.29, 1.82) is 0 Å². The van der Waals surface area contributed by atoms with Crippen molar-refractivity contribution < 1.29 is 4.74 Å². The van der Waals surface area contributed by atoms with E-state index in [-0.39, 0.29) is 23.8 Å². The van der Waals surface area contributed by atoms with Crippen LogP contribution in [0.1, 0.15) is 36.6 Å². The summed E-state index contributed by atoms with van der Waals surface area (Å²) in [5, 5.41) is 6.35. The smallest absolute Gasteiger partial charge is 0.332 e. The second-order valence-electron chi connectivity index (χ2n) is 8.15. The van der Waals surface area contributed by atoms with Crippen molar-refractivity contribution >= 4 is 22.8 Å². The van der Waals surface area contributed by atoms with E-state index in [1.807, 2.05) is 50.5 Å². The Hall–Kier alpha value is -3.20. The average Bonchev–Trinajstić information content (AvgIpc) is 3.15. The molecule has 0 saturated heterocycles. The number of ether oxygens (including phenoxy) is 1. The molecule has 0 amide bonds. The zero-order chi connectivity index (χ0) is 22.4. The number of fused-ring (bicyclic) bond motifs is 3. The van der Waals surface area contributed by atoms with Crippen LogP contribution < -0.4 is 16.3 Å². The molecular weight excluding hydrogens is 396 g/mol. The Morgan fingerprint density at radius 1 is 1.16 bits per heavy atom. The van der Waals surface area contributed by atoms with Crippen molar-refractivity contribution in [3.63, 3.8) is 0 Å². The molecule has 3 heterocycles. The molecule has 9 nitrogen and oxygen atoms in total. The van der Waals surface area contributed by atoms with Crippen molar-refractivity contribution in [3.8, 4) is 0 Å². The first kappa shape index (κ1) is 21.0. The highest BCUT2D eigenvalue weighted by Crippen LogP contribution is 2.29. The van der Waals surface area contributed by atoms with Crippen LogP contribution in [0.25, 0.3) is 11.2 Å². The third kappa shape index (κ3) is 3.38. The monoisotopic (exact) mass is 424 g/mol. The molecule has 0 radical (unpaired) electrons. The van der Waals surface area contributed by atoms with Crippen LogP contribution in [-0.4, -0.2) is 44.7 Å². The maximum Gasteiger partial charge on any atom is 0.332 e. The minimum atomic E-state index is -0.386. The molecule has 1 aliphatic rings. The summed E-state index contributed by atoms with van der Waals surface area (Å²) >= 11 is 0. The topological polar surface area (TPSA) is 86.7 Å². The summed E-state index contributed by atoms with van der Waals surface area (Å²) < 4.78 is 9.83. The zero-order valence-electron chi connectivity index (χ0n) is 18.8. The normalized spacial score (nSPS) is 16.0. The molecule has 0 spiro atoms. The summed E-state index contributed by atoms with van der Waals surface area (Å²) in [5.74, 6) is 0.543. The van der Waals surface area contributed by atoms with Crippen LogP contribution in [0.4, 0.5) is 5.95 Å². The Labute approximate surface area is 180 Å². The molecule has 0 saturated carbocycles. The van der Waals surface area contributed by atoms with Gasteiger partial charge in [-0.15, -0.1) is 0 Å². The van der Waals surface area contributed by atoms with Crippen LogP contribution in [0.3, 0.4) is 0 Å². The molecule has 4 rings (SSSR count). The summed E-state index contributed by atoms with van der Waals surface area (Å²) in [7, 11) is 3.28. The standard InChI is InChI=1S/C22H28N6O3/c1-13-7-8-14(2)17(11-13)12-26-20(29)18-19(25(5)22(26)30)23-21-27(9-10-31-6)24-15(3)16(4)28(18)21/h7-8,11,16H,9-10,12H2,1-6H3. The molecule has 2 aromatic heterocycles. The number of benzene rings is 1. The number of hydrogen-bond acceptors (Lipinski definition) is 6.